The second kappa shape index (κ2) is 10.1. The number of amides is 1. The Hall–Kier alpha value is -3.31. The number of benzene rings is 2. The number of aromatic nitrogens is 1. The Labute approximate surface area is 183 Å². The van der Waals surface area contributed by atoms with Gasteiger partial charge in [0.2, 0.25) is 5.91 Å². The molecule has 5 nitrogen and oxygen atoms in total. The lowest BCUT2D eigenvalue weighted by atomic mass is 9.99. The largest absolute Gasteiger partial charge is 0.326 e. The van der Waals surface area contributed by atoms with Gasteiger partial charge in [0.25, 0.3) is 0 Å². The second-order valence-electron chi connectivity index (χ2n) is 7.94. The van der Waals surface area contributed by atoms with Gasteiger partial charge in [-0.1, -0.05) is 60.7 Å². The number of nitrogens with zero attached hydrogens (tertiary/aromatic N) is 3. The molecule has 1 N–H and O–H groups in total. The molecule has 4 rings (SSSR count). The van der Waals surface area contributed by atoms with Gasteiger partial charge in [-0.25, -0.2) is 0 Å². The number of hydrogen-bond acceptors (Lipinski definition) is 4. The van der Waals surface area contributed by atoms with Crippen molar-refractivity contribution in [1.82, 2.24) is 9.88 Å². The van der Waals surface area contributed by atoms with Gasteiger partial charge in [-0.2, -0.15) is 0 Å². The highest BCUT2D eigenvalue weighted by atomic mass is 16.1. The summed E-state index contributed by atoms with van der Waals surface area (Å²) >= 11 is 0. The van der Waals surface area contributed by atoms with Crippen molar-refractivity contribution in [2.45, 2.75) is 32.4 Å². The molecular formula is C26H28N4O. The quantitative estimate of drug-likeness (QED) is 0.605. The molecule has 1 saturated heterocycles. The summed E-state index contributed by atoms with van der Waals surface area (Å²) in [7, 11) is 0. The van der Waals surface area contributed by atoms with E-state index in [4.69, 9.17) is 4.99 Å². The number of carbonyl (C=O) groups excluding carboxylic acids is 1. The second-order valence-corrected chi connectivity index (χ2v) is 7.94. The molecule has 0 bridgehead atoms. The summed E-state index contributed by atoms with van der Waals surface area (Å²) in [5.41, 5.74) is 4.87. The fraction of sp³-hybridized carbons (Fsp3) is 0.269. The first-order valence-corrected chi connectivity index (χ1v) is 10.8. The van der Waals surface area contributed by atoms with Crippen LogP contribution in [-0.2, 0) is 11.3 Å². The molecular weight excluding hydrogens is 384 g/mol. The molecule has 0 atom stereocenters. The summed E-state index contributed by atoms with van der Waals surface area (Å²) in [5, 5.41) is 2.93. The van der Waals surface area contributed by atoms with E-state index in [1.807, 2.05) is 24.3 Å². The van der Waals surface area contributed by atoms with E-state index in [9.17, 15) is 4.79 Å². The lowest BCUT2D eigenvalue weighted by molar-refractivity contribution is -0.114. The van der Waals surface area contributed by atoms with Crippen LogP contribution in [0.4, 0.5) is 5.69 Å². The highest BCUT2D eigenvalue weighted by molar-refractivity contribution is 6.16. The number of carbonyl (C=O) groups is 1. The first kappa shape index (κ1) is 20.9. The molecule has 2 aromatic carbocycles. The molecule has 1 amide bonds. The zero-order chi connectivity index (χ0) is 21.5. The van der Waals surface area contributed by atoms with Gasteiger partial charge in [0.05, 0.1) is 17.4 Å². The highest BCUT2D eigenvalue weighted by Crippen LogP contribution is 2.23. The Morgan fingerprint density at radius 3 is 2.39 bits per heavy atom. The van der Waals surface area contributed by atoms with E-state index in [-0.39, 0.29) is 11.9 Å². The van der Waals surface area contributed by atoms with Crippen LogP contribution in [0.1, 0.15) is 36.5 Å². The number of nitrogens with one attached hydrogen (secondary N) is 1. The van der Waals surface area contributed by atoms with E-state index in [2.05, 4.69) is 57.7 Å². The standard InChI is InChI=1S/C26H28N4O/c1-20(31)28-25-12-15-27-18-24(25)26(22-10-6-3-7-11-22)29-23-13-16-30(17-14-23)19-21-8-4-2-5-9-21/h2-12,15,18,23H,13-14,16-17,19H2,1H3,(H,27,28,31). The summed E-state index contributed by atoms with van der Waals surface area (Å²) in [6.45, 7) is 4.55. The fourth-order valence-corrected chi connectivity index (χ4v) is 4.01. The molecule has 0 unspecified atom stereocenters. The van der Waals surface area contributed by atoms with Crippen molar-refractivity contribution in [2.24, 2.45) is 4.99 Å². The van der Waals surface area contributed by atoms with E-state index in [0.29, 0.717) is 0 Å². The number of hydrogen-bond donors (Lipinski definition) is 1. The number of anilines is 1. The zero-order valence-corrected chi connectivity index (χ0v) is 17.9. The SMILES string of the molecule is CC(=O)Nc1ccncc1C(=NC1CCN(Cc2ccccc2)CC1)c1ccccc1. The third-order valence-electron chi connectivity index (χ3n) is 5.55. The number of pyridine rings is 1. The van der Waals surface area contributed by atoms with Crippen LogP contribution in [0.3, 0.4) is 0 Å². The first-order valence-electron chi connectivity index (χ1n) is 10.8. The average Bonchev–Trinajstić information content (AvgIpc) is 2.80. The first-order chi connectivity index (χ1) is 15.2. The van der Waals surface area contributed by atoms with Gasteiger partial charge in [-0.15, -0.1) is 0 Å². The number of rotatable bonds is 6. The normalized spacial score (nSPS) is 15.6. The van der Waals surface area contributed by atoms with Gasteiger partial charge in [-0.05, 0) is 24.5 Å². The molecule has 0 radical (unpaired) electrons. The molecule has 5 heteroatoms. The van der Waals surface area contributed by atoms with Gasteiger partial charge in [0, 0.05) is 50.1 Å². The molecule has 1 aromatic heterocycles. The Morgan fingerprint density at radius 2 is 1.71 bits per heavy atom. The predicted octanol–water partition coefficient (Wildman–Crippen LogP) is 4.54. The molecule has 0 saturated carbocycles. The maximum atomic E-state index is 11.7. The molecule has 158 valence electrons. The van der Waals surface area contributed by atoms with Crippen LogP contribution in [0, 0.1) is 0 Å². The van der Waals surface area contributed by atoms with E-state index < -0.39 is 0 Å². The number of piperidine rings is 1. The Balaban J connectivity index is 1.56. The number of likely N-dealkylation sites (tertiary alicyclic amines) is 1. The van der Waals surface area contributed by atoms with Crippen LogP contribution in [0.5, 0.6) is 0 Å². The van der Waals surface area contributed by atoms with Gasteiger partial charge in [0.1, 0.15) is 0 Å². The van der Waals surface area contributed by atoms with Crippen LogP contribution < -0.4 is 5.32 Å². The van der Waals surface area contributed by atoms with Gasteiger partial charge < -0.3 is 5.32 Å². The van der Waals surface area contributed by atoms with Crippen LogP contribution in [0.2, 0.25) is 0 Å². The minimum atomic E-state index is -0.103. The van der Waals surface area contributed by atoms with Crippen LogP contribution in [0.25, 0.3) is 0 Å². The summed E-state index contributed by atoms with van der Waals surface area (Å²) in [5.74, 6) is -0.103. The van der Waals surface area contributed by atoms with Crippen LogP contribution in [-0.4, -0.2) is 40.6 Å². The van der Waals surface area contributed by atoms with Gasteiger partial charge in [-0.3, -0.25) is 19.7 Å². The average molecular weight is 413 g/mol. The van der Waals surface area contributed by atoms with Crippen molar-refractivity contribution in [3.63, 3.8) is 0 Å². The van der Waals surface area contributed by atoms with E-state index in [1.165, 1.54) is 12.5 Å². The van der Waals surface area contributed by atoms with Gasteiger partial charge in [0.15, 0.2) is 0 Å². The van der Waals surface area contributed by atoms with Crippen molar-refractivity contribution in [1.29, 1.82) is 0 Å². The van der Waals surface area contributed by atoms with Crippen molar-refractivity contribution in [3.8, 4) is 0 Å². The minimum Gasteiger partial charge on any atom is -0.326 e. The molecule has 1 aliphatic rings. The van der Waals surface area contributed by atoms with Crippen molar-refractivity contribution < 1.29 is 4.79 Å². The zero-order valence-electron chi connectivity index (χ0n) is 17.9. The smallest absolute Gasteiger partial charge is 0.221 e. The maximum absolute atomic E-state index is 11.7. The Morgan fingerprint density at radius 1 is 1.03 bits per heavy atom. The summed E-state index contributed by atoms with van der Waals surface area (Å²) in [6.07, 6.45) is 5.51. The minimum absolute atomic E-state index is 0.103. The van der Waals surface area contributed by atoms with E-state index >= 15 is 0 Å². The van der Waals surface area contributed by atoms with Crippen molar-refractivity contribution in [2.75, 3.05) is 18.4 Å². The molecule has 0 spiro atoms. The monoisotopic (exact) mass is 412 g/mol. The molecule has 31 heavy (non-hydrogen) atoms. The molecule has 2 heterocycles. The number of aliphatic imine (C=N–C) groups is 1. The lowest BCUT2D eigenvalue weighted by Crippen LogP contribution is -2.35. The van der Waals surface area contributed by atoms with Crippen LogP contribution >= 0.6 is 0 Å². The summed E-state index contributed by atoms with van der Waals surface area (Å²) in [4.78, 5) is 23.7. The predicted molar refractivity (Wildman–Crippen MR) is 125 cm³/mol. The van der Waals surface area contributed by atoms with Gasteiger partial charge >= 0.3 is 0 Å². The Bertz CT molecular complexity index is 1030. The molecule has 0 aliphatic carbocycles. The lowest BCUT2D eigenvalue weighted by Gasteiger charge is -2.30. The topological polar surface area (TPSA) is 57.6 Å². The van der Waals surface area contributed by atoms with E-state index in [1.54, 1.807) is 12.4 Å². The fourth-order valence-electron chi connectivity index (χ4n) is 4.01. The van der Waals surface area contributed by atoms with Crippen LogP contribution in [0.15, 0.2) is 84.1 Å². The molecule has 1 fully saturated rings. The van der Waals surface area contributed by atoms with Crippen molar-refractivity contribution in [3.05, 3.63) is 95.8 Å². The molecule has 1 aliphatic heterocycles. The third kappa shape index (κ3) is 5.64. The maximum Gasteiger partial charge on any atom is 0.221 e. The van der Waals surface area contributed by atoms with E-state index in [0.717, 1.165) is 55.0 Å². The summed E-state index contributed by atoms with van der Waals surface area (Å²) < 4.78 is 0. The third-order valence-corrected chi connectivity index (χ3v) is 5.55. The van der Waals surface area contributed by atoms with Crippen molar-refractivity contribution >= 4 is 17.3 Å². The highest BCUT2D eigenvalue weighted by Gasteiger charge is 2.21. The summed E-state index contributed by atoms with van der Waals surface area (Å²) in [6, 6.07) is 22.9. The Kier molecular flexibility index (Phi) is 6.85. The molecule has 3 aromatic rings.